The van der Waals surface area contributed by atoms with Gasteiger partial charge in [0.05, 0.1) is 6.20 Å². The lowest BCUT2D eigenvalue weighted by Crippen LogP contribution is -2.49. The molecule has 1 atom stereocenters. The van der Waals surface area contributed by atoms with Gasteiger partial charge in [0.25, 0.3) is 5.91 Å². The number of rotatable bonds is 4. The Hall–Kier alpha value is -1.99. The van der Waals surface area contributed by atoms with Crippen molar-refractivity contribution in [2.24, 2.45) is 0 Å². The summed E-state index contributed by atoms with van der Waals surface area (Å²) in [5.41, 5.74) is 0.707. The smallest absolute Gasteiger partial charge is 0.265 e. The predicted molar refractivity (Wildman–Crippen MR) is 94.0 cm³/mol. The molecule has 0 radical (unpaired) electrons. The number of hydrogen-bond acceptors (Lipinski definition) is 5. The Kier molecular flexibility index (Phi) is 5.11. The van der Waals surface area contributed by atoms with E-state index >= 15 is 0 Å². The minimum atomic E-state index is -0.173. The minimum absolute atomic E-state index is 0.00255. The Morgan fingerprint density at radius 2 is 2.00 bits per heavy atom. The number of aromatic nitrogens is 1. The predicted octanol–water partition coefficient (Wildman–Crippen LogP) is 2.84. The maximum atomic E-state index is 14.0. The molecule has 2 heterocycles. The molecular formula is C17H21FN4OS. The lowest BCUT2D eigenvalue weighted by atomic mass is 10.1. The number of nitrogens with one attached hydrogen (secondary N) is 1. The molecule has 1 amide bonds. The van der Waals surface area contributed by atoms with Crippen LogP contribution in [0.15, 0.2) is 30.5 Å². The summed E-state index contributed by atoms with van der Waals surface area (Å²) in [4.78, 5) is 21.4. The van der Waals surface area contributed by atoms with E-state index < -0.39 is 0 Å². The van der Waals surface area contributed by atoms with Gasteiger partial charge in [-0.2, -0.15) is 0 Å². The van der Waals surface area contributed by atoms with Gasteiger partial charge in [0.15, 0.2) is 5.13 Å². The number of amides is 1. The molecule has 1 aromatic heterocycles. The van der Waals surface area contributed by atoms with E-state index in [-0.39, 0.29) is 17.8 Å². The summed E-state index contributed by atoms with van der Waals surface area (Å²) >= 11 is 1.36. The Bertz CT molecular complexity index is 712. The number of thiazole rings is 1. The normalized spacial score (nSPS) is 16.9. The monoisotopic (exact) mass is 348 g/mol. The molecule has 1 saturated heterocycles. The summed E-state index contributed by atoms with van der Waals surface area (Å²) in [6.45, 7) is 4.77. The molecule has 1 aliphatic rings. The highest BCUT2D eigenvalue weighted by Crippen LogP contribution is 2.25. The van der Waals surface area contributed by atoms with E-state index in [2.05, 4.69) is 15.2 Å². The molecule has 0 spiro atoms. The first-order valence-corrected chi connectivity index (χ1v) is 8.83. The highest BCUT2D eigenvalue weighted by molar-refractivity contribution is 7.17. The summed E-state index contributed by atoms with van der Waals surface area (Å²) in [6, 6.07) is 6.89. The van der Waals surface area contributed by atoms with Crippen molar-refractivity contribution in [3.8, 4) is 0 Å². The van der Waals surface area contributed by atoms with Gasteiger partial charge >= 0.3 is 0 Å². The third-order valence-corrected chi connectivity index (χ3v) is 5.44. The summed E-state index contributed by atoms with van der Waals surface area (Å²) in [5.74, 6) is -0.153. The largest absolute Gasteiger partial charge is 0.365 e. The standard InChI is InChI=1S/C17H21FN4OS/c1-12(13-5-3-4-6-14(13)18)21-7-9-22(10-8-21)16(23)15-11-20-17(19-2)24-15/h3-6,11-12H,7-10H2,1-2H3,(H,19,20). The van der Waals surface area contributed by atoms with E-state index in [0.29, 0.717) is 23.5 Å². The van der Waals surface area contributed by atoms with Crippen LogP contribution in [0, 0.1) is 5.82 Å². The van der Waals surface area contributed by atoms with Crippen LogP contribution in [-0.4, -0.2) is 53.9 Å². The van der Waals surface area contributed by atoms with Crippen LogP contribution in [0.2, 0.25) is 0 Å². The molecule has 0 aliphatic carbocycles. The second-order valence-corrected chi connectivity index (χ2v) is 6.84. The molecule has 1 N–H and O–H groups in total. The van der Waals surface area contributed by atoms with Gasteiger partial charge in [-0.3, -0.25) is 9.69 Å². The van der Waals surface area contributed by atoms with E-state index in [1.54, 1.807) is 19.3 Å². The first-order valence-electron chi connectivity index (χ1n) is 8.01. The molecule has 1 aromatic carbocycles. The van der Waals surface area contributed by atoms with Crippen LogP contribution in [0.1, 0.15) is 28.2 Å². The molecule has 0 bridgehead atoms. The second kappa shape index (κ2) is 7.27. The number of carbonyl (C=O) groups excluding carboxylic acids is 1. The van der Waals surface area contributed by atoms with Crippen LogP contribution in [0.3, 0.4) is 0 Å². The maximum Gasteiger partial charge on any atom is 0.265 e. The quantitative estimate of drug-likeness (QED) is 0.923. The van der Waals surface area contributed by atoms with E-state index in [4.69, 9.17) is 0 Å². The lowest BCUT2D eigenvalue weighted by molar-refractivity contribution is 0.0583. The van der Waals surface area contributed by atoms with E-state index in [1.165, 1.54) is 17.4 Å². The van der Waals surface area contributed by atoms with Gasteiger partial charge < -0.3 is 10.2 Å². The van der Waals surface area contributed by atoms with Gasteiger partial charge in [-0.25, -0.2) is 9.37 Å². The van der Waals surface area contributed by atoms with Gasteiger partial charge in [-0.05, 0) is 13.0 Å². The summed E-state index contributed by atoms with van der Waals surface area (Å²) in [7, 11) is 1.79. The number of benzene rings is 1. The number of piperazine rings is 1. The highest BCUT2D eigenvalue weighted by Gasteiger charge is 2.27. The van der Waals surface area contributed by atoms with Crippen LogP contribution in [0.5, 0.6) is 0 Å². The molecule has 3 rings (SSSR count). The molecule has 128 valence electrons. The number of anilines is 1. The Morgan fingerprint density at radius 3 is 2.62 bits per heavy atom. The molecule has 1 fully saturated rings. The number of nitrogens with zero attached hydrogens (tertiary/aromatic N) is 3. The molecule has 2 aromatic rings. The summed E-state index contributed by atoms with van der Waals surface area (Å²) in [6.07, 6.45) is 1.62. The van der Waals surface area contributed by atoms with Crippen molar-refractivity contribution in [3.05, 3.63) is 46.7 Å². The second-order valence-electron chi connectivity index (χ2n) is 5.81. The van der Waals surface area contributed by atoms with Crippen molar-refractivity contribution < 1.29 is 9.18 Å². The Balaban J connectivity index is 1.61. The van der Waals surface area contributed by atoms with Crippen molar-refractivity contribution >= 4 is 22.4 Å². The van der Waals surface area contributed by atoms with Crippen molar-refractivity contribution in [2.75, 3.05) is 38.5 Å². The number of hydrogen-bond donors (Lipinski definition) is 1. The molecule has 24 heavy (non-hydrogen) atoms. The van der Waals surface area contributed by atoms with Gasteiger partial charge in [0.2, 0.25) is 0 Å². The fourth-order valence-electron chi connectivity index (χ4n) is 2.97. The Morgan fingerprint density at radius 1 is 1.29 bits per heavy atom. The molecule has 5 nitrogen and oxygen atoms in total. The van der Waals surface area contributed by atoms with Crippen molar-refractivity contribution in [2.45, 2.75) is 13.0 Å². The van der Waals surface area contributed by atoms with E-state index in [1.807, 2.05) is 24.0 Å². The van der Waals surface area contributed by atoms with Crippen molar-refractivity contribution in [1.82, 2.24) is 14.8 Å². The molecular weight excluding hydrogens is 327 g/mol. The molecule has 7 heteroatoms. The van der Waals surface area contributed by atoms with Crippen LogP contribution in [0.25, 0.3) is 0 Å². The van der Waals surface area contributed by atoms with Gasteiger partial charge in [-0.15, -0.1) is 0 Å². The first kappa shape index (κ1) is 16.9. The van der Waals surface area contributed by atoms with E-state index in [0.717, 1.165) is 18.2 Å². The third kappa shape index (κ3) is 3.42. The average molecular weight is 348 g/mol. The van der Waals surface area contributed by atoms with Crippen LogP contribution in [0.4, 0.5) is 9.52 Å². The first-order chi connectivity index (χ1) is 11.6. The Labute approximate surface area is 145 Å². The van der Waals surface area contributed by atoms with Crippen LogP contribution in [-0.2, 0) is 0 Å². The average Bonchev–Trinajstić information content (AvgIpc) is 3.10. The number of carbonyl (C=O) groups is 1. The van der Waals surface area contributed by atoms with Gasteiger partial charge in [-0.1, -0.05) is 29.5 Å². The van der Waals surface area contributed by atoms with Crippen molar-refractivity contribution in [1.29, 1.82) is 0 Å². The zero-order valence-corrected chi connectivity index (χ0v) is 14.6. The molecule has 0 saturated carbocycles. The van der Waals surface area contributed by atoms with E-state index in [9.17, 15) is 9.18 Å². The fraction of sp³-hybridized carbons (Fsp3) is 0.412. The minimum Gasteiger partial charge on any atom is -0.365 e. The number of halogens is 1. The van der Waals surface area contributed by atoms with Crippen molar-refractivity contribution in [3.63, 3.8) is 0 Å². The lowest BCUT2D eigenvalue weighted by Gasteiger charge is -2.38. The fourth-order valence-corrected chi connectivity index (χ4v) is 3.70. The maximum absolute atomic E-state index is 14.0. The van der Waals surface area contributed by atoms with Crippen LogP contribution < -0.4 is 5.32 Å². The summed E-state index contributed by atoms with van der Waals surface area (Å²) < 4.78 is 14.0. The topological polar surface area (TPSA) is 48.5 Å². The van der Waals surface area contributed by atoms with Gasteiger partial charge in [0.1, 0.15) is 10.7 Å². The molecule has 1 unspecified atom stereocenters. The third-order valence-electron chi connectivity index (χ3n) is 4.43. The van der Waals surface area contributed by atoms with Gasteiger partial charge in [0, 0.05) is 44.8 Å². The zero-order valence-electron chi connectivity index (χ0n) is 13.8. The SMILES string of the molecule is CNc1ncc(C(=O)N2CCN(C(C)c3ccccc3F)CC2)s1. The highest BCUT2D eigenvalue weighted by atomic mass is 32.1. The summed E-state index contributed by atoms with van der Waals surface area (Å²) in [5, 5.41) is 3.68. The zero-order chi connectivity index (χ0) is 17.1. The van der Waals surface area contributed by atoms with Crippen LogP contribution >= 0.6 is 11.3 Å². The molecule has 1 aliphatic heterocycles.